The monoisotopic (exact) mass is 404 g/mol. The Hall–Kier alpha value is -3.53. The summed E-state index contributed by atoms with van der Waals surface area (Å²) in [5.74, 6) is 0.538. The van der Waals surface area contributed by atoms with Crippen LogP contribution in [0, 0.1) is 10.1 Å². The van der Waals surface area contributed by atoms with E-state index in [1.807, 2.05) is 0 Å². The van der Waals surface area contributed by atoms with E-state index < -0.39 is 23.0 Å². The minimum atomic E-state index is -1.35. The van der Waals surface area contributed by atoms with E-state index in [-0.39, 0.29) is 11.4 Å². The quantitative estimate of drug-likeness (QED) is 0.423. The van der Waals surface area contributed by atoms with Gasteiger partial charge in [0.05, 0.1) is 45.1 Å². The fourth-order valence-corrected chi connectivity index (χ4v) is 3.33. The number of benzene rings is 2. The van der Waals surface area contributed by atoms with Gasteiger partial charge < -0.3 is 24.1 Å². The van der Waals surface area contributed by atoms with Crippen molar-refractivity contribution in [1.29, 1.82) is 0 Å². The zero-order chi connectivity index (χ0) is 21.3. The van der Waals surface area contributed by atoms with Crippen molar-refractivity contribution in [2.24, 2.45) is 0 Å². The summed E-state index contributed by atoms with van der Waals surface area (Å²) in [7, 11) is 5.67. The second-order valence-electron chi connectivity index (χ2n) is 6.17. The topological polar surface area (TPSA) is 121 Å². The van der Waals surface area contributed by atoms with Crippen molar-refractivity contribution in [3.05, 3.63) is 46.0 Å². The molecule has 1 heterocycles. The summed E-state index contributed by atoms with van der Waals surface area (Å²) in [6.07, 6.45) is -1.35. The van der Waals surface area contributed by atoms with Crippen molar-refractivity contribution >= 4 is 17.3 Å². The summed E-state index contributed by atoms with van der Waals surface area (Å²) in [6.45, 7) is 0. The molecule has 0 aromatic heterocycles. The van der Waals surface area contributed by atoms with Crippen LogP contribution in [-0.4, -0.2) is 50.5 Å². The normalized spacial score (nSPS) is 18.1. The van der Waals surface area contributed by atoms with Crippen molar-refractivity contribution in [1.82, 2.24) is 0 Å². The molecule has 1 N–H and O–H groups in total. The van der Waals surface area contributed by atoms with Gasteiger partial charge in [0.15, 0.2) is 23.4 Å². The first-order chi connectivity index (χ1) is 13.9. The van der Waals surface area contributed by atoms with Gasteiger partial charge in [0.2, 0.25) is 5.75 Å². The SMILES string of the molecule is COc1ccc([C@@H]2[C@@H](O)C(=O)N2c2cc(OC)c(OC)c(OC)c2)cc1[N+](=O)[O-]. The number of anilines is 1. The molecule has 1 amide bonds. The summed E-state index contributed by atoms with van der Waals surface area (Å²) >= 11 is 0. The lowest BCUT2D eigenvalue weighted by Gasteiger charge is -2.44. The van der Waals surface area contributed by atoms with Crippen LogP contribution in [0.25, 0.3) is 0 Å². The maximum Gasteiger partial charge on any atom is 0.311 e. The van der Waals surface area contributed by atoms with E-state index in [1.54, 1.807) is 18.2 Å². The summed E-state index contributed by atoms with van der Waals surface area (Å²) in [6, 6.07) is 6.58. The fourth-order valence-electron chi connectivity index (χ4n) is 3.33. The predicted octanol–water partition coefficient (Wildman–Crippen LogP) is 2.08. The molecule has 2 aromatic rings. The van der Waals surface area contributed by atoms with Gasteiger partial charge in [-0.2, -0.15) is 0 Å². The van der Waals surface area contributed by atoms with Gasteiger partial charge >= 0.3 is 5.69 Å². The first-order valence-electron chi connectivity index (χ1n) is 8.51. The Morgan fingerprint density at radius 2 is 1.55 bits per heavy atom. The Morgan fingerprint density at radius 1 is 0.966 bits per heavy atom. The van der Waals surface area contributed by atoms with Crippen LogP contribution in [0.3, 0.4) is 0 Å². The lowest BCUT2D eigenvalue weighted by molar-refractivity contribution is -0.385. The van der Waals surface area contributed by atoms with E-state index in [0.29, 0.717) is 28.5 Å². The number of carbonyl (C=O) groups excluding carboxylic acids is 1. The Labute approximate surface area is 166 Å². The number of aliphatic hydroxyl groups excluding tert-OH is 1. The molecule has 2 atom stereocenters. The first kappa shape index (κ1) is 20.2. The molecule has 1 aliphatic rings. The molecular formula is C19H20N2O8. The zero-order valence-electron chi connectivity index (χ0n) is 16.2. The number of methoxy groups -OCH3 is 4. The molecule has 1 fully saturated rings. The highest BCUT2D eigenvalue weighted by Crippen LogP contribution is 2.47. The van der Waals surface area contributed by atoms with Crippen molar-refractivity contribution in [3.63, 3.8) is 0 Å². The van der Waals surface area contributed by atoms with Gasteiger partial charge in [0, 0.05) is 18.2 Å². The highest BCUT2D eigenvalue weighted by molar-refractivity contribution is 6.05. The van der Waals surface area contributed by atoms with Crippen molar-refractivity contribution < 1.29 is 33.8 Å². The summed E-state index contributed by atoms with van der Waals surface area (Å²) in [5, 5.41) is 21.6. The summed E-state index contributed by atoms with van der Waals surface area (Å²) in [4.78, 5) is 24.5. The van der Waals surface area contributed by atoms with Gasteiger partial charge in [-0.25, -0.2) is 0 Å². The predicted molar refractivity (Wildman–Crippen MR) is 102 cm³/mol. The maximum atomic E-state index is 12.4. The van der Waals surface area contributed by atoms with Crippen molar-refractivity contribution in [2.45, 2.75) is 12.1 Å². The summed E-state index contributed by atoms with van der Waals surface area (Å²) < 4.78 is 20.9. The summed E-state index contributed by atoms with van der Waals surface area (Å²) in [5.41, 5.74) is 0.512. The fraction of sp³-hybridized carbons (Fsp3) is 0.316. The molecule has 10 heteroatoms. The van der Waals surface area contributed by atoms with Crippen LogP contribution >= 0.6 is 0 Å². The molecule has 0 radical (unpaired) electrons. The number of rotatable bonds is 7. The maximum absolute atomic E-state index is 12.4. The van der Waals surface area contributed by atoms with Gasteiger partial charge in [0.25, 0.3) is 5.91 Å². The van der Waals surface area contributed by atoms with Crippen LogP contribution in [0.4, 0.5) is 11.4 Å². The third kappa shape index (κ3) is 3.27. The minimum absolute atomic E-state index is 0.0817. The Morgan fingerprint density at radius 3 is 2.03 bits per heavy atom. The van der Waals surface area contributed by atoms with Gasteiger partial charge in [-0.1, -0.05) is 6.07 Å². The van der Waals surface area contributed by atoms with Crippen LogP contribution in [0.5, 0.6) is 23.0 Å². The van der Waals surface area contributed by atoms with E-state index in [1.165, 1.54) is 45.5 Å². The number of β-lactam (4-membered cyclic amide) rings is 1. The number of hydrogen-bond acceptors (Lipinski definition) is 8. The smallest absolute Gasteiger partial charge is 0.311 e. The van der Waals surface area contributed by atoms with Gasteiger partial charge in [-0.15, -0.1) is 0 Å². The molecule has 29 heavy (non-hydrogen) atoms. The van der Waals surface area contributed by atoms with Crippen molar-refractivity contribution in [2.75, 3.05) is 33.3 Å². The van der Waals surface area contributed by atoms with Crippen LogP contribution in [-0.2, 0) is 4.79 Å². The number of aliphatic hydroxyl groups is 1. The number of amides is 1. The highest BCUT2D eigenvalue weighted by Gasteiger charge is 2.49. The molecule has 2 aromatic carbocycles. The van der Waals surface area contributed by atoms with E-state index in [9.17, 15) is 20.0 Å². The molecule has 0 aliphatic carbocycles. The third-order valence-electron chi connectivity index (χ3n) is 4.74. The molecule has 0 spiro atoms. The second kappa shape index (κ2) is 7.84. The number of nitro groups is 1. The van der Waals surface area contributed by atoms with Gasteiger partial charge in [0.1, 0.15) is 0 Å². The van der Waals surface area contributed by atoms with Gasteiger partial charge in [-0.3, -0.25) is 19.8 Å². The lowest BCUT2D eigenvalue weighted by Crippen LogP contribution is -2.59. The second-order valence-corrected chi connectivity index (χ2v) is 6.17. The molecular weight excluding hydrogens is 384 g/mol. The molecule has 0 unspecified atom stereocenters. The number of hydrogen-bond donors (Lipinski definition) is 1. The molecule has 0 bridgehead atoms. The Bertz CT molecular complexity index is 936. The molecule has 1 aliphatic heterocycles. The van der Waals surface area contributed by atoms with E-state index in [2.05, 4.69) is 0 Å². The van der Waals surface area contributed by atoms with E-state index >= 15 is 0 Å². The minimum Gasteiger partial charge on any atom is -0.493 e. The third-order valence-corrected chi connectivity index (χ3v) is 4.74. The lowest BCUT2D eigenvalue weighted by atomic mass is 9.89. The number of nitro benzene ring substituents is 1. The highest BCUT2D eigenvalue weighted by atomic mass is 16.6. The average molecular weight is 404 g/mol. The molecule has 154 valence electrons. The van der Waals surface area contributed by atoms with Crippen LogP contribution in [0.1, 0.15) is 11.6 Å². The first-order valence-corrected chi connectivity index (χ1v) is 8.51. The number of carbonyl (C=O) groups is 1. The van der Waals surface area contributed by atoms with Crippen LogP contribution in [0.2, 0.25) is 0 Å². The molecule has 10 nitrogen and oxygen atoms in total. The van der Waals surface area contributed by atoms with Crippen LogP contribution < -0.4 is 23.8 Å². The number of ether oxygens (including phenoxy) is 4. The Balaban J connectivity index is 2.08. The number of nitrogens with zero attached hydrogens (tertiary/aromatic N) is 2. The van der Waals surface area contributed by atoms with Gasteiger partial charge in [-0.05, 0) is 11.6 Å². The largest absolute Gasteiger partial charge is 0.493 e. The van der Waals surface area contributed by atoms with E-state index in [0.717, 1.165) is 0 Å². The average Bonchev–Trinajstić information content (AvgIpc) is 2.74. The Kier molecular flexibility index (Phi) is 5.46. The van der Waals surface area contributed by atoms with Crippen molar-refractivity contribution in [3.8, 4) is 23.0 Å². The zero-order valence-corrected chi connectivity index (χ0v) is 16.2. The van der Waals surface area contributed by atoms with Crippen LogP contribution in [0.15, 0.2) is 30.3 Å². The molecule has 0 saturated carbocycles. The van der Waals surface area contributed by atoms with E-state index in [4.69, 9.17) is 18.9 Å². The molecule has 3 rings (SSSR count). The standard InChI is InChI=1S/C19H20N2O8/c1-26-13-6-5-10(7-12(13)21(24)25)16-17(22)19(23)20(16)11-8-14(27-2)18(29-4)15(9-11)28-3/h5-9,16-17,22H,1-4H3/t16-,17-/m1/s1. The molecule has 1 saturated heterocycles.